The molecular formula is C47H55N9O7S. The Hall–Kier alpha value is -5.62. The maximum atomic E-state index is 14.0. The van der Waals surface area contributed by atoms with Crippen LogP contribution in [0.15, 0.2) is 84.1 Å². The van der Waals surface area contributed by atoms with Crippen molar-refractivity contribution in [1.29, 1.82) is 0 Å². The van der Waals surface area contributed by atoms with Crippen molar-refractivity contribution in [2.45, 2.75) is 74.3 Å². The molecular weight excluding hydrogens is 835 g/mol. The molecule has 6 heterocycles. The second-order valence-electron chi connectivity index (χ2n) is 18.5. The molecule has 1 amide bonds. The molecule has 5 aromatic rings. The number of carbonyl (C=O) groups is 1. The van der Waals surface area contributed by atoms with Crippen LogP contribution in [-0.4, -0.2) is 110 Å². The Morgan fingerprint density at radius 2 is 1.75 bits per heavy atom. The number of rotatable bonds is 13. The number of sulfonamides is 1. The number of nitro groups is 1. The average molecular weight is 890 g/mol. The zero-order chi connectivity index (χ0) is 44.0. The number of piperazine rings is 1. The number of nitrogens with one attached hydrogen (secondary N) is 3. The summed E-state index contributed by atoms with van der Waals surface area (Å²) in [6.45, 7) is 6.56. The number of piperidine rings is 1. The van der Waals surface area contributed by atoms with Crippen molar-refractivity contribution in [2.75, 3.05) is 69.7 Å². The molecule has 2 saturated carbocycles. The molecule has 0 unspecified atom stereocenters. The number of anilines is 2. The highest BCUT2D eigenvalue weighted by Crippen LogP contribution is 2.54. The predicted molar refractivity (Wildman–Crippen MR) is 242 cm³/mol. The van der Waals surface area contributed by atoms with E-state index in [1.807, 2.05) is 12.1 Å². The normalized spacial score (nSPS) is 21.1. The van der Waals surface area contributed by atoms with Crippen LogP contribution in [0, 0.1) is 21.4 Å². The smallest absolute Gasteiger partial charge is 0.312 e. The summed E-state index contributed by atoms with van der Waals surface area (Å²) < 4.78 is 41.2. The standard InChI is InChI=1S/C47H55N9O7S/c1-53-18-19-55(42(30-53)39-5-3-2-4-38(39)32-6-7-32)35-25-47(26-35)13-16-54(17-14-47)34-8-9-40(43(23-34)63-36-22-33-10-15-48-44(33)50-28-36)46(57)52-64(60,61)37-24-41(56(58)59)45(51-29-37)49-27-31-11-20-62-21-12-31/h2-5,8-10,15,22-24,28-29,31-32,35,42H,6-7,11-14,16-21,25-27,30H2,1H3,(H,48,50)(H,49,51)(H,52,57)/t42-/m1/s1. The lowest BCUT2D eigenvalue weighted by Gasteiger charge is -2.58. The van der Waals surface area contributed by atoms with Gasteiger partial charge < -0.3 is 29.6 Å². The summed E-state index contributed by atoms with van der Waals surface area (Å²) in [5, 5.41) is 15.9. The first-order chi connectivity index (χ1) is 31.0. The fourth-order valence-corrected chi connectivity index (χ4v) is 11.3. The summed E-state index contributed by atoms with van der Waals surface area (Å²) in [7, 11) is -2.36. The quantitative estimate of drug-likeness (QED) is 0.0795. The molecule has 0 radical (unpaired) electrons. The van der Waals surface area contributed by atoms with E-state index in [0.717, 1.165) is 81.7 Å². The minimum atomic E-state index is -4.60. The molecule has 5 aliphatic rings. The summed E-state index contributed by atoms with van der Waals surface area (Å²) in [5.41, 5.74) is 4.35. The zero-order valence-corrected chi connectivity index (χ0v) is 36.9. The minimum absolute atomic E-state index is 0.0287. The maximum Gasteiger partial charge on any atom is 0.312 e. The molecule has 3 saturated heterocycles. The third-order valence-electron chi connectivity index (χ3n) is 14.3. The molecule has 2 aliphatic carbocycles. The van der Waals surface area contributed by atoms with Crippen molar-refractivity contribution in [3.05, 3.63) is 106 Å². The van der Waals surface area contributed by atoms with E-state index in [9.17, 15) is 23.3 Å². The first-order valence-corrected chi connectivity index (χ1v) is 24.1. The summed E-state index contributed by atoms with van der Waals surface area (Å²) >= 11 is 0. The third-order valence-corrected chi connectivity index (χ3v) is 15.6. The molecule has 10 rings (SSSR count). The number of aromatic nitrogens is 3. The lowest BCUT2D eigenvalue weighted by molar-refractivity contribution is -0.384. The maximum absolute atomic E-state index is 14.0. The number of likely N-dealkylation sites (N-methyl/N-ethyl adjacent to an activating group) is 1. The lowest BCUT2D eigenvalue weighted by Crippen LogP contribution is -2.59. The van der Waals surface area contributed by atoms with Crippen LogP contribution < -0.4 is 19.7 Å². The highest BCUT2D eigenvalue weighted by Gasteiger charge is 2.50. The number of aromatic amines is 1. The van der Waals surface area contributed by atoms with Gasteiger partial charge >= 0.3 is 5.69 Å². The first kappa shape index (κ1) is 42.3. The number of pyridine rings is 2. The summed E-state index contributed by atoms with van der Waals surface area (Å²) in [6.07, 6.45) is 13.0. The van der Waals surface area contributed by atoms with Crippen LogP contribution >= 0.6 is 0 Å². The van der Waals surface area contributed by atoms with Gasteiger partial charge in [0.25, 0.3) is 15.9 Å². The summed E-state index contributed by atoms with van der Waals surface area (Å²) in [6, 6.07) is 19.8. The summed E-state index contributed by atoms with van der Waals surface area (Å²) in [4.78, 5) is 44.0. The number of benzene rings is 2. The summed E-state index contributed by atoms with van der Waals surface area (Å²) in [5.74, 6) is 0.466. The van der Waals surface area contributed by atoms with Crippen molar-refractivity contribution in [3.63, 3.8) is 0 Å². The van der Waals surface area contributed by atoms with Crippen LogP contribution in [0.4, 0.5) is 17.2 Å². The fourth-order valence-electron chi connectivity index (χ4n) is 10.4. The number of hydrogen-bond acceptors (Lipinski definition) is 13. The largest absolute Gasteiger partial charge is 0.455 e. The number of amides is 1. The topological polar surface area (TPSA) is 188 Å². The van der Waals surface area contributed by atoms with Gasteiger partial charge in [0.2, 0.25) is 5.82 Å². The monoisotopic (exact) mass is 889 g/mol. The van der Waals surface area contributed by atoms with Gasteiger partial charge in [-0.3, -0.25) is 19.8 Å². The predicted octanol–water partition coefficient (Wildman–Crippen LogP) is 7.23. The van der Waals surface area contributed by atoms with Crippen LogP contribution in [0.1, 0.15) is 84.8 Å². The zero-order valence-electron chi connectivity index (χ0n) is 36.1. The van der Waals surface area contributed by atoms with E-state index < -0.39 is 31.4 Å². The van der Waals surface area contributed by atoms with Gasteiger partial charge in [0.05, 0.1) is 22.9 Å². The van der Waals surface area contributed by atoms with Gasteiger partial charge in [-0.25, -0.2) is 23.1 Å². The van der Waals surface area contributed by atoms with E-state index in [-0.39, 0.29) is 23.0 Å². The van der Waals surface area contributed by atoms with E-state index in [2.05, 4.69) is 71.0 Å². The highest BCUT2D eigenvalue weighted by atomic mass is 32.2. The van der Waals surface area contributed by atoms with E-state index in [4.69, 9.17) is 9.47 Å². The molecule has 1 atom stereocenters. The Bertz CT molecular complexity index is 2650. The van der Waals surface area contributed by atoms with Crippen molar-refractivity contribution < 1.29 is 27.6 Å². The van der Waals surface area contributed by atoms with Crippen LogP contribution in [0.3, 0.4) is 0 Å². The number of carbonyl (C=O) groups excluding carboxylic acids is 1. The van der Waals surface area contributed by atoms with Gasteiger partial charge in [0.1, 0.15) is 22.0 Å². The lowest BCUT2D eigenvalue weighted by atomic mass is 9.59. The molecule has 64 heavy (non-hydrogen) atoms. The molecule has 3 aromatic heterocycles. The van der Waals surface area contributed by atoms with Gasteiger partial charge in [-0.1, -0.05) is 24.3 Å². The van der Waals surface area contributed by atoms with Gasteiger partial charge in [0.15, 0.2) is 0 Å². The second kappa shape index (κ2) is 17.4. The Balaban J connectivity index is 0.844. The Morgan fingerprint density at radius 1 is 0.969 bits per heavy atom. The molecule has 2 aromatic carbocycles. The average Bonchev–Trinajstić information content (AvgIpc) is 4.04. The molecule has 3 aliphatic heterocycles. The molecule has 336 valence electrons. The van der Waals surface area contributed by atoms with E-state index >= 15 is 0 Å². The fraction of sp³-hybridized carbons (Fsp3) is 0.468. The van der Waals surface area contributed by atoms with Crippen molar-refractivity contribution >= 4 is 44.2 Å². The van der Waals surface area contributed by atoms with Gasteiger partial charge in [-0.15, -0.1) is 0 Å². The molecule has 0 bridgehead atoms. The van der Waals surface area contributed by atoms with Gasteiger partial charge in [0, 0.05) is 94.0 Å². The Labute approximate surface area is 372 Å². The SMILES string of the molecule is CN1CCN(C2CC3(CCN(c4ccc(C(=O)NS(=O)(=O)c5cnc(NCC6CCOCC6)c([N+](=O)[O-])c5)c(Oc5cnc6[nH]ccc6c5)c4)CC3)C2)[C@@H](c2ccccc2C2CC2)C1. The van der Waals surface area contributed by atoms with E-state index in [0.29, 0.717) is 54.6 Å². The molecule has 1 spiro atoms. The molecule has 16 nitrogen and oxygen atoms in total. The van der Waals surface area contributed by atoms with Crippen molar-refractivity contribution in [2.24, 2.45) is 11.3 Å². The number of H-pyrrole nitrogens is 1. The van der Waals surface area contributed by atoms with Crippen LogP contribution in [0.25, 0.3) is 11.0 Å². The van der Waals surface area contributed by atoms with Crippen LogP contribution in [-0.2, 0) is 14.8 Å². The number of nitrogens with zero attached hydrogens (tertiary/aromatic N) is 6. The Morgan fingerprint density at radius 3 is 2.52 bits per heavy atom. The van der Waals surface area contributed by atoms with Gasteiger partial charge in [-0.2, -0.15) is 0 Å². The van der Waals surface area contributed by atoms with Crippen molar-refractivity contribution in [3.8, 4) is 11.5 Å². The number of hydrogen-bond donors (Lipinski definition) is 3. The Kier molecular flexibility index (Phi) is 11.5. The molecule has 3 N–H and O–H groups in total. The third kappa shape index (κ3) is 8.77. The van der Waals surface area contributed by atoms with Crippen LogP contribution in [0.5, 0.6) is 11.5 Å². The van der Waals surface area contributed by atoms with E-state index in [1.54, 1.807) is 36.2 Å². The number of ether oxygens (including phenoxy) is 2. The van der Waals surface area contributed by atoms with E-state index in [1.165, 1.54) is 31.2 Å². The van der Waals surface area contributed by atoms with Crippen LogP contribution in [0.2, 0.25) is 0 Å². The molecule has 17 heteroatoms. The first-order valence-electron chi connectivity index (χ1n) is 22.6. The van der Waals surface area contributed by atoms with Crippen molar-refractivity contribution in [1.82, 2.24) is 29.5 Å². The van der Waals surface area contributed by atoms with Gasteiger partial charge in [-0.05, 0) is 111 Å². The molecule has 5 fully saturated rings. The second-order valence-corrected chi connectivity index (χ2v) is 20.2. The highest BCUT2D eigenvalue weighted by molar-refractivity contribution is 7.90. The minimum Gasteiger partial charge on any atom is -0.455 e. The number of fused-ring (bicyclic) bond motifs is 1.